The first kappa shape index (κ1) is 23.5. The summed E-state index contributed by atoms with van der Waals surface area (Å²) >= 11 is 0. The van der Waals surface area contributed by atoms with Gasteiger partial charge in [0.05, 0.1) is 0 Å². The first-order valence-corrected chi connectivity index (χ1v) is 13.0. The number of hydrogen-bond acceptors (Lipinski definition) is 1. The lowest BCUT2D eigenvalue weighted by Gasteiger charge is -2.11. The van der Waals surface area contributed by atoms with E-state index < -0.39 is 0 Å². The van der Waals surface area contributed by atoms with E-state index in [1.54, 1.807) is 0 Å². The lowest BCUT2D eigenvalue weighted by Crippen LogP contribution is -1.87. The van der Waals surface area contributed by atoms with Crippen LogP contribution >= 0.6 is 0 Å². The molecule has 0 heterocycles. The van der Waals surface area contributed by atoms with Crippen molar-refractivity contribution in [2.45, 2.75) is 6.92 Å². The van der Waals surface area contributed by atoms with Crippen LogP contribution in [0.4, 0.5) is 5.69 Å². The maximum absolute atomic E-state index is 6.03. The molecule has 0 aromatic heterocycles. The van der Waals surface area contributed by atoms with Crippen molar-refractivity contribution in [3.63, 3.8) is 0 Å². The molecular formula is C37H29N. The van der Waals surface area contributed by atoms with Gasteiger partial charge >= 0.3 is 0 Å². The van der Waals surface area contributed by atoms with Crippen molar-refractivity contribution >= 4 is 5.69 Å². The Kier molecular flexibility index (Phi) is 6.34. The van der Waals surface area contributed by atoms with Crippen LogP contribution in [0, 0.1) is 6.92 Å². The maximum atomic E-state index is 6.03. The molecule has 6 aromatic carbocycles. The van der Waals surface area contributed by atoms with Crippen molar-refractivity contribution < 1.29 is 0 Å². The molecule has 2 N–H and O–H groups in total. The molecule has 0 radical (unpaired) electrons. The van der Waals surface area contributed by atoms with Gasteiger partial charge in [-0.25, -0.2) is 0 Å². The third kappa shape index (κ3) is 5.00. The minimum absolute atomic E-state index is 0.777. The molecule has 0 bridgehead atoms. The van der Waals surface area contributed by atoms with Gasteiger partial charge < -0.3 is 5.73 Å². The summed E-state index contributed by atoms with van der Waals surface area (Å²) in [6, 6.07) is 51.8. The maximum Gasteiger partial charge on any atom is 0.0320 e. The van der Waals surface area contributed by atoms with Gasteiger partial charge in [0.25, 0.3) is 0 Å². The van der Waals surface area contributed by atoms with Gasteiger partial charge in [-0.2, -0.15) is 0 Å². The quantitative estimate of drug-likeness (QED) is 0.241. The van der Waals surface area contributed by atoms with Crippen LogP contribution < -0.4 is 5.73 Å². The predicted octanol–water partition coefficient (Wildman–Crippen LogP) is 9.91. The Labute approximate surface area is 224 Å². The Morgan fingerprint density at radius 1 is 0.316 bits per heavy atom. The van der Waals surface area contributed by atoms with Crippen LogP contribution in [-0.4, -0.2) is 0 Å². The highest BCUT2D eigenvalue weighted by atomic mass is 14.5. The number of nitrogens with two attached hydrogens (primary N) is 1. The average molecular weight is 488 g/mol. The lowest BCUT2D eigenvalue weighted by atomic mass is 9.94. The zero-order chi connectivity index (χ0) is 25.9. The van der Waals surface area contributed by atoms with E-state index in [2.05, 4.69) is 134 Å². The summed E-state index contributed by atoms with van der Waals surface area (Å²) in [7, 11) is 0. The van der Waals surface area contributed by atoms with Gasteiger partial charge in [0.15, 0.2) is 0 Å². The summed E-state index contributed by atoms with van der Waals surface area (Å²) in [6.07, 6.45) is 0. The minimum Gasteiger partial charge on any atom is -0.399 e. The molecule has 0 amide bonds. The number of anilines is 1. The smallest absolute Gasteiger partial charge is 0.0320 e. The zero-order valence-electron chi connectivity index (χ0n) is 21.4. The van der Waals surface area contributed by atoms with Gasteiger partial charge in [-0.1, -0.05) is 115 Å². The third-order valence-corrected chi connectivity index (χ3v) is 7.02. The molecule has 6 aromatic rings. The molecule has 1 nitrogen and oxygen atoms in total. The fraction of sp³-hybridized carbons (Fsp3) is 0.0270. The summed E-state index contributed by atoms with van der Waals surface area (Å²) in [6.45, 7) is 2.14. The van der Waals surface area contributed by atoms with Crippen molar-refractivity contribution in [2.24, 2.45) is 0 Å². The van der Waals surface area contributed by atoms with Gasteiger partial charge in [-0.15, -0.1) is 0 Å². The summed E-state index contributed by atoms with van der Waals surface area (Å²) in [4.78, 5) is 0. The largest absolute Gasteiger partial charge is 0.399 e. The Balaban J connectivity index is 1.33. The van der Waals surface area contributed by atoms with Gasteiger partial charge in [0, 0.05) is 5.69 Å². The standard InChI is InChI=1S/C37H29N/c1-26-8-2-9-27(20-26)28-10-3-11-29(21-28)30-12-4-13-31(22-30)32-14-5-15-33(23-32)34-16-6-17-35(24-34)36-18-7-19-37(38)25-36/h2-25H,38H2,1H3. The van der Waals surface area contributed by atoms with Crippen LogP contribution in [0.15, 0.2) is 146 Å². The van der Waals surface area contributed by atoms with E-state index in [1.807, 2.05) is 18.2 Å². The van der Waals surface area contributed by atoms with E-state index in [9.17, 15) is 0 Å². The fourth-order valence-electron chi connectivity index (χ4n) is 5.06. The normalized spacial score (nSPS) is 10.9. The molecular weight excluding hydrogens is 458 g/mol. The van der Waals surface area contributed by atoms with Gasteiger partial charge in [-0.05, 0) is 99.0 Å². The Bertz CT molecular complexity index is 1610. The molecule has 1 heteroatoms. The van der Waals surface area contributed by atoms with Crippen LogP contribution in [0.5, 0.6) is 0 Å². The van der Waals surface area contributed by atoms with Gasteiger partial charge in [-0.3, -0.25) is 0 Å². The van der Waals surface area contributed by atoms with E-state index >= 15 is 0 Å². The summed E-state index contributed by atoms with van der Waals surface area (Å²) < 4.78 is 0. The van der Waals surface area contributed by atoms with Crippen molar-refractivity contribution in [1.29, 1.82) is 0 Å². The van der Waals surface area contributed by atoms with E-state index in [0.717, 1.165) is 16.8 Å². The van der Waals surface area contributed by atoms with Crippen LogP contribution in [0.25, 0.3) is 55.6 Å². The minimum atomic E-state index is 0.777. The molecule has 38 heavy (non-hydrogen) atoms. The molecule has 0 aliphatic carbocycles. The van der Waals surface area contributed by atoms with Gasteiger partial charge in [0.2, 0.25) is 0 Å². The Morgan fingerprint density at radius 3 is 0.895 bits per heavy atom. The molecule has 0 saturated carbocycles. The van der Waals surface area contributed by atoms with Crippen LogP contribution in [0.3, 0.4) is 0 Å². The topological polar surface area (TPSA) is 26.0 Å². The summed E-state index contributed by atoms with van der Waals surface area (Å²) in [5.74, 6) is 0. The third-order valence-electron chi connectivity index (χ3n) is 7.02. The second-order valence-corrected chi connectivity index (χ2v) is 9.82. The van der Waals surface area contributed by atoms with E-state index in [0.29, 0.717) is 0 Å². The van der Waals surface area contributed by atoms with Crippen molar-refractivity contribution in [2.75, 3.05) is 5.73 Å². The first-order chi connectivity index (χ1) is 18.6. The molecule has 0 spiro atoms. The predicted molar refractivity (Wildman–Crippen MR) is 163 cm³/mol. The van der Waals surface area contributed by atoms with Crippen molar-refractivity contribution in [3.8, 4) is 55.6 Å². The highest BCUT2D eigenvalue weighted by Gasteiger charge is 2.07. The van der Waals surface area contributed by atoms with Gasteiger partial charge in [0.1, 0.15) is 0 Å². The number of aryl methyl sites for hydroxylation is 1. The van der Waals surface area contributed by atoms with E-state index in [-0.39, 0.29) is 0 Å². The Morgan fingerprint density at radius 2 is 0.579 bits per heavy atom. The number of benzene rings is 6. The second-order valence-electron chi connectivity index (χ2n) is 9.82. The highest BCUT2D eigenvalue weighted by Crippen LogP contribution is 2.33. The summed E-state index contributed by atoms with van der Waals surface area (Å²) in [5, 5.41) is 0. The molecule has 182 valence electrons. The zero-order valence-corrected chi connectivity index (χ0v) is 21.4. The fourth-order valence-corrected chi connectivity index (χ4v) is 5.06. The monoisotopic (exact) mass is 487 g/mol. The van der Waals surface area contributed by atoms with Crippen LogP contribution in [-0.2, 0) is 0 Å². The molecule has 0 saturated heterocycles. The van der Waals surface area contributed by atoms with Crippen LogP contribution in [0.2, 0.25) is 0 Å². The SMILES string of the molecule is Cc1cccc(-c2cccc(-c3cccc(-c4cccc(-c5cccc(-c6cccc(N)c6)c5)c4)c3)c2)c1. The second kappa shape index (κ2) is 10.2. The summed E-state index contributed by atoms with van der Waals surface area (Å²) in [5.41, 5.74) is 20.1. The molecule has 6 rings (SSSR count). The van der Waals surface area contributed by atoms with Crippen LogP contribution in [0.1, 0.15) is 5.56 Å². The van der Waals surface area contributed by atoms with Crippen molar-refractivity contribution in [1.82, 2.24) is 0 Å². The molecule has 0 fully saturated rings. The number of rotatable bonds is 5. The lowest BCUT2D eigenvalue weighted by molar-refractivity contribution is 1.47. The first-order valence-electron chi connectivity index (χ1n) is 13.0. The van der Waals surface area contributed by atoms with E-state index in [4.69, 9.17) is 5.73 Å². The highest BCUT2D eigenvalue weighted by molar-refractivity contribution is 5.80. The number of hydrogen-bond donors (Lipinski definition) is 1. The molecule has 0 aliphatic rings. The average Bonchev–Trinajstić information content (AvgIpc) is 2.97. The molecule has 0 atom stereocenters. The van der Waals surface area contributed by atoms with Crippen molar-refractivity contribution in [3.05, 3.63) is 151 Å². The Hall–Kier alpha value is -4.88. The number of nitrogen functional groups attached to an aromatic ring is 1. The van der Waals surface area contributed by atoms with E-state index in [1.165, 1.54) is 50.1 Å². The molecule has 0 unspecified atom stereocenters. The molecule has 0 aliphatic heterocycles.